The summed E-state index contributed by atoms with van der Waals surface area (Å²) >= 11 is 0. The highest BCUT2D eigenvalue weighted by atomic mass is 16.2. The topological polar surface area (TPSA) is 51.9 Å². The van der Waals surface area contributed by atoms with Gasteiger partial charge in [0.2, 0.25) is 0 Å². The van der Waals surface area contributed by atoms with Crippen LogP contribution in [0.2, 0.25) is 0 Å². The molecule has 3 aromatic rings. The summed E-state index contributed by atoms with van der Waals surface area (Å²) in [7, 11) is 0. The van der Waals surface area contributed by atoms with Crippen molar-refractivity contribution in [2.24, 2.45) is 0 Å². The fourth-order valence-corrected chi connectivity index (χ4v) is 2.71. The van der Waals surface area contributed by atoms with Crippen molar-refractivity contribution in [3.63, 3.8) is 0 Å². The molecule has 1 N–H and O–H groups in total. The first-order valence-electron chi connectivity index (χ1n) is 8.25. The second kappa shape index (κ2) is 7.17. The average Bonchev–Trinajstić information content (AvgIpc) is 3.27. The van der Waals surface area contributed by atoms with Gasteiger partial charge in [-0.15, -0.1) is 0 Å². The number of nitrogens with zero attached hydrogens (tertiary/aromatic N) is 3. The van der Waals surface area contributed by atoms with Crippen LogP contribution in [0.25, 0.3) is 5.69 Å². The summed E-state index contributed by atoms with van der Waals surface area (Å²) in [5.74, 6) is -0.0945. The Hall–Kier alpha value is -2.82. The standard InChI is InChI=1S/C19H22N4O/c1-3-12-23-18(10-11-20-23)19(24)21-15(2)16-6-8-17(9-7-16)22-13-4-5-14-22/h4-11,13-15H,3,12H2,1-2H3,(H,21,24)/t15-/m0/s1. The Balaban J connectivity index is 1.69. The molecule has 5 nitrogen and oxygen atoms in total. The van der Waals surface area contributed by atoms with E-state index in [1.54, 1.807) is 16.9 Å². The van der Waals surface area contributed by atoms with Gasteiger partial charge in [-0.3, -0.25) is 9.48 Å². The van der Waals surface area contributed by atoms with Gasteiger partial charge in [-0.25, -0.2) is 0 Å². The van der Waals surface area contributed by atoms with E-state index in [2.05, 4.69) is 34.0 Å². The zero-order valence-corrected chi connectivity index (χ0v) is 14.0. The maximum absolute atomic E-state index is 12.5. The number of carbonyl (C=O) groups is 1. The quantitative estimate of drug-likeness (QED) is 0.754. The molecule has 1 aromatic carbocycles. The molecule has 0 aliphatic carbocycles. The summed E-state index contributed by atoms with van der Waals surface area (Å²) in [6.45, 7) is 4.80. The van der Waals surface area contributed by atoms with Gasteiger partial charge in [-0.1, -0.05) is 19.1 Å². The van der Waals surface area contributed by atoms with Crippen LogP contribution >= 0.6 is 0 Å². The molecule has 2 aromatic heterocycles. The number of benzene rings is 1. The van der Waals surface area contributed by atoms with Gasteiger partial charge in [-0.2, -0.15) is 5.10 Å². The summed E-state index contributed by atoms with van der Waals surface area (Å²) in [6, 6.07) is 13.9. The largest absolute Gasteiger partial charge is 0.344 e. The highest BCUT2D eigenvalue weighted by Crippen LogP contribution is 2.16. The molecule has 0 spiro atoms. The highest BCUT2D eigenvalue weighted by Gasteiger charge is 2.15. The zero-order valence-electron chi connectivity index (χ0n) is 14.0. The number of nitrogens with one attached hydrogen (secondary N) is 1. The van der Waals surface area contributed by atoms with Gasteiger partial charge in [-0.05, 0) is 49.2 Å². The van der Waals surface area contributed by atoms with Gasteiger partial charge in [0.05, 0.1) is 6.04 Å². The summed E-state index contributed by atoms with van der Waals surface area (Å²) in [6.07, 6.45) is 6.63. The lowest BCUT2D eigenvalue weighted by atomic mass is 10.1. The minimum Gasteiger partial charge on any atom is -0.344 e. The van der Waals surface area contributed by atoms with Crippen molar-refractivity contribution in [1.29, 1.82) is 0 Å². The lowest BCUT2D eigenvalue weighted by Crippen LogP contribution is -2.29. The number of hydrogen-bond acceptors (Lipinski definition) is 2. The molecule has 1 amide bonds. The Morgan fingerprint density at radius 3 is 2.54 bits per heavy atom. The number of aryl methyl sites for hydroxylation is 1. The van der Waals surface area contributed by atoms with Gasteiger partial charge in [0.1, 0.15) is 5.69 Å². The Kier molecular flexibility index (Phi) is 4.79. The fourth-order valence-electron chi connectivity index (χ4n) is 2.71. The first-order chi connectivity index (χ1) is 11.7. The van der Waals surface area contributed by atoms with Crippen LogP contribution in [-0.4, -0.2) is 20.3 Å². The van der Waals surface area contributed by atoms with Crippen molar-refractivity contribution in [3.05, 3.63) is 72.3 Å². The normalized spacial score (nSPS) is 12.1. The van der Waals surface area contributed by atoms with Crippen molar-refractivity contribution in [2.75, 3.05) is 0 Å². The first-order valence-corrected chi connectivity index (χ1v) is 8.25. The van der Waals surface area contributed by atoms with Gasteiger partial charge < -0.3 is 9.88 Å². The van der Waals surface area contributed by atoms with E-state index in [0.29, 0.717) is 5.69 Å². The van der Waals surface area contributed by atoms with Crippen molar-refractivity contribution in [3.8, 4) is 5.69 Å². The van der Waals surface area contributed by atoms with E-state index in [0.717, 1.165) is 24.2 Å². The molecule has 0 radical (unpaired) electrons. The molecule has 3 rings (SSSR count). The van der Waals surface area contributed by atoms with Gasteiger partial charge >= 0.3 is 0 Å². The molecule has 2 heterocycles. The van der Waals surface area contributed by atoms with Crippen LogP contribution in [0.1, 0.15) is 42.4 Å². The summed E-state index contributed by atoms with van der Waals surface area (Å²) in [5.41, 5.74) is 2.77. The molecule has 124 valence electrons. The fraction of sp³-hybridized carbons (Fsp3) is 0.263. The van der Waals surface area contributed by atoms with Crippen molar-refractivity contribution >= 4 is 5.91 Å². The molecule has 0 fully saturated rings. The lowest BCUT2D eigenvalue weighted by Gasteiger charge is -2.15. The number of amides is 1. The van der Waals surface area contributed by atoms with E-state index in [4.69, 9.17) is 0 Å². The third-order valence-corrected chi connectivity index (χ3v) is 4.03. The van der Waals surface area contributed by atoms with Crippen LogP contribution in [0.15, 0.2) is 61.1 Å². The van der Waals surface area contributed by atoms with E-state index in [1.165, 1.54) is 0 Å². The monoisotopic (exact) mass is 322 g/mol. The van der Waals surface area contributed by atoms with E-state index in [9.17, 15) is 4.79 Å². The first kappa shape index (κ1) is 16.1. The lowest BCUT2D eigenvalue weighted by molar-refractivity contribution is 0.0928. The van der Waals surface area contributed by atoms with Gasteiger partial charge in [0, 0.05) is 30.8 Å². The molecular formula is C19H22N4O. The Morgan fingerprint density at radius 1 is 1.17 bits per heavy atom. The average molecular weight is 322 g/mol. The summed E-state index contributed by atoms with van der Waals surface area (Å²) in [4.78, 5) is 12.5. The number of aromatic nitrogens is 3. The molecule has 0 saturated heterocycles. The molecule has 5 heteroatoms. The maximum atomic E-state index is 12.5. The molecule has 0 saturated carbocycles. The summed E-state index contributed by atoms with van der Waals surface area (Å²) < 4.78 is 3.80. The molecule has 0 unspecified atom stereocenters. The number of carbonyl (C=O) groups excluding carboxylic acids is 1. The van der Waals surface area contributed by atoms with Crippen LogP contribution in [0.5, 0.6) is 0 Å². The van der Waals surface area contributed by atoms with Crippen LogP contribution in [0.4, 0.5) is 0 Å². The van der Waals surface area contributed by atoms with E-state index < -0.39 is 0 Å². The molecule has 0 aliphatic rings. The highest BCUT2D eigenvalue weighted by molar-refractivity contribution is 5.92. The molecule has 0 aliphatic heterocycles. The SMILES string of the molecule is CCCn1nccc1C(=O)N[C@@H](C)c1ccc(-n2cccc2)cc1. The number of hydrogen-bond donors (Lipinski definition) is 1. The molecule has 24 heavy (non-hydrogen) atoms. The Bertz CT molecular complexity index is 787. The zero-order chi connectivity index (χ0) is 16.9. The molecular weight excluding hydrogens is 300 g/mol. The minimum atomic E-state index is -0.0945. The third-order valence-electron chi connectivity index (χ3n) is 4.03. The minimum absolute atomic E-state index is 0.0683. The van der Waals surface area contributed by atoms with Crippen LogP contribution in [0, 0.1) is 0 Å². The van der Waals surface area contributed by atoms with E-state index >= 15 is 0 Å². The molecule has 0 bridgehead atoms. The van der Waals surface area contributed by atoms with Crippen molar-refractivity contribution in [2.45, 2.75) is 32.9 Å². The summed E-state index contributed by atoms with van der Waals surface area (Å²) in [5, 5.41) is 7.25. The van der Waals surface area contributed by atoms with Gasteiger partial charge in [0.15, 0.2) is 0 Å². The van der Waals surface area contributed by atoms with Crippen molar-refractivity contribution in [1.82, 2.24) is 19.7 Å². The van der Waals surface area contributed by atoms with E-state index in [-0.39, 0.29) is 11.9 Å². The van der Waals surface area contributed by atoms with Crippen LogP contribution in [0.3, 0.4) is 0 Å². The number of rotatable bonds is 6. The second-order valence-corrected chi connectivity index (χ2v) is 5.82. The predicted molar refractivity (Wildman–Crippen MR) is 94.2 cm³/mol. The smallest absolute Gasteiger partial charge is 0.270 e. The van der Waals surface area contributed by atoms with Crippen LogP contribution < -0.4 is 5.32 Å². The Morgan fingerprint density at radius 2 is 1.88 bits per heavy atom. The predicted octanol–water partition coefficient (Wildman–Crippen LogP) is 3.57. The second-order valence-electron chi connectivity index (χ2n) is 5.82. The molecule has 1 atom stereocenters. The van der Waals surface area contributed by atoms with E-state index in [1.807, 2.05) is 43.6 Å². The third kappa shape index (κ3) is 3.40. The maximum Gasteiger partial charge on any atom is 0.270 e. The van der Waals surface area contributed by atoms with Crippen molar-refractivity contribution < 1.29 is 4.79 Å². The van der Waals surface area contributed by atoms with Crippen LogP contribution in [-0.2, 0) is 6.54 Å². The van der Waals surface area contributed by atoms with Gasteiger partial charge in [0.25, 0.3) is 5.91 Å². The Labute approximate surface area is 141 Å².